The lowest BCUT2D eigenvalue weighted by atomic mass is 10.1. The number of amides is 2. The van der Waals surface area contributed by atoms with Gasteiger partial charge in [-0.1, -0.05) is 48.0 Å². The summed E-state index contributed by atoms with van der Waals surface area (Å²) in [6.45, 7) is 5.94. The minimum absolute atomic E-state index is 0.256. The number of carbonyl (C=O) groups excluding carboxylic acids is 2. The zero-order chi connectivity index (χ0) is 17.4. The standard InChI is InChI=1S/C20H20N2O2/c1-3-14-21-20(24)17-6-4-5-7-18(17)22-19(23)13-12-16-10-8-15(2)9-11-16/h3-13H,1,14H2,2H3,(H,21,24)(H,22,23). The van der Waals surface area contributed by atoms with E-state index in [1.54, 1.807) is 36.4 Å². The molecule has 0 aliphatic rings. The lowest BCUT2D eigenvalue weighted by molar-refractivity contribution is -0.111. The van der Waals surface area contributed by atoms with Crippen molar-refractivity contribution in [2.75, 3.05) is 11.9 Å². The summed E-state index contributed by atoms with van der Waals surface area (Å²) in [5.74, 6) is -0.548. The molecule has 0 heterocycles. The molecule has 122 valence electrons. The molecule has 2 aromatic carbocycles. The van der Waals surface area contributed by atoms with Crippen LogP contribution in [-0.4, -0.2) is 18.4 Å². The average molecular weight is 320 g/mol. The minimum Gasteiger partial charge on any atom is -0.349 e. The van der Waals surface area contributed by atoms with Crippen LogP contribution >= 0.6 is 0 Å². The first-order valence-electron chi connectivity index (χ1n) is 7.64. The van der Waals surface area contributed by atoms with Gasteiger partial charge in [0.15, 0.2) is 0 Å². The maximum Gasteiger partial charge on any atom is 0.253 e. The quantitative estimate of drug-likeness (QED) is 0.631. The molecule has 0 unspecified atom stereocenters. The van der Waals surface area contributed by atoms with Crippen LogP contribution in [0, 0.1) is 6.92 Å². The molecule has 0 saturated carbocycles. The maximum absolute atomic E-state index is 12.1. The van der Waals surface area contributed by atoms with Gasteiger partial charge in [0, 0.05) is 12.6 Å². The Morgan fingerprint density at radius 1 is 1.08 bits per heavy atom. The van der Waals surface area contributed by atoms with E-state index in [-0.39, 0.29) is 11.8 Å². The third-order valence-corrected chi connectivity index (χ3v) is 3.34. The van der Waals surface area contributed by atoms with E-state index in [1.165, 1.54) is 6.08 Å². The summed E-state index contributed by atoms with van der Waals surface area (Å²) in [7, 11) is 0. The summed E-state index contributed by atoms with van der Waals surface area (Å²) in [6.07, 6.45) is 4.78. The highest BCUT2D eigenvalue weighted by Gasteiger charge is 2.11. The highest BCUT2D eigenvalue weighted by molar-refractivity contribution is 6.07. The number of hydrogen-bond acceptors (Lipinski definition) is 2. The second-order valence-corrected chi connectivity index (χ2v) is 5.28. The minimum atomic E-state index is -0.292. The third kappa shape index (κ3) is 4.95. The molecule has 0 bridgehead atoms. The van der Waals surface area contributed by atoms with Crippen molar-refractivity contribution < 1.29 is 9.59 Å². The normalized spacial score (nSPS) is 10.4. The molecule has 2 rings (SSSR count). The third-order valence-electron chi connectivity index (χ3n) is 3.34. The Kier molecular flexibility index (Phi) is 6.08. The molecule has 4 nitrogen and oxygen atoms in total. The molecule has 0 atom stereocenters. The fourth-order valence-corrected chi connectivity index (χ4v) is 2.07. The predicted molar refractivity (Wildman–Crippen MR) is 97.8 cm³/mol. The number of rotatable bonds is 6. The van der Waals surface area contributed by atoms with Gasteiger partial charge in [-0.3, -0.25) is 9.59 Å². The molecule has 2 N–H and O–H groups in total. The van der Waals surface area contributed by atoms with Gasteiger partial charge in [0.05, 0.1) is 11.3 Å². The molecule has 0 radical (unpaired) electrons. The van der Waals surface area contributed by atoms with Crippen LogP contribution < -0.4 is 10.6 Å². The lowest BCUT2D eigenvalue weighted by Crippen LogP contribution is -2.24. The van der Waals surface area contributed by atoms with Crippen molar-refractivity contribution in [2.24, 2.45) is 0 Å². The number of carbonyl (C=O) groups is 2. The molecule has 0 saturated heterocycles. The van der Waals surface area contributed by atoms with Gasteiger partial charge in [-0.15, -0.1) is 6.58 Å². The molecular weight excluding hydrogens is 300 g/mol. The summed E-state index contributed by atoms with van der Waals surface area (Å²) in [5, 5.41) is 5.44. The van der Waals surface area contributed by atoms with Crippen LogP contribution in [0.25, 0.3) is 6.08 Å². The Hall–Kier alpha value is -3.14. The SMILES string of the molecule is C=CCNC(=O)c1ccccc1NC(=O)C=Cc1ccc(C)cc1. The average Bonchev–Trinajstić information content (AvgIpc) is 2.59. The summed E-state index contributed by atoms with van der Waals surface area (Å²) in [6, 6.07) is 14.7. The number of para-hydroxylation sites is 1. The Morgan fingerprint density at radius 3 is 2.50 bits per heavy atom. The monoisotopic (exact) mass is 320 g/mol. The summed E-state index contributed by atoms with van der Waals surface area (Å²) in [5.41, 5.74) is 2.98. The van der Waals surface area contributed by atoms with E-state index < -0.39 is 0 Å². The second-order valence-electron chi connectivity index (χ2n) is 5.28. The van der Waals surface area contributed by atoms with Crippen molar-refractivity contribution in [3.05, 3.63) is 84.0 Å². The van der Waals surface area contributed by atoms with Crippen LogP contribution in [0.2, 0.25) is 0 Å². The molecule has 0 aliphatic heterocycles. The van der Waals surface area contributed by atoms with Crippen molar-refractivity contribution in [3.8, 4) is 0 Å². The van der Waals surface area contributed by atoms with Gasteiger partial charge in [-0.2, -0.15) is 0 Å². The van der Waals surface area contributed by atoms with Crippen molar-refractivity contribution in [1.29, 1.82) is 0 Å². The van der Waals surface area contributed by atoms with Gasteiger partial charge < -0.3 is 10.6 Å². The number of benzene rings is 2. The number of aryl methyl sites for hydroxylation is 1. The van der Waals surface area contributed by atoms with Gasteiger partial charge >= 0.3 is 0 Å². The van der Waals surface area contributed by atoms with Gasteiger partial charge in [0.25, 0.3) is 5.91 Å². The van der Waals surface area contributed by atoms with E-state index in [2.05, 4.69) is 17.2 Å². The topological polar surface area (TPSA) is 58.2 Å². The van der Waals surface area contributed by atoms with E-state index >= 15 is 0 Å². The summed E-state index contributed by atoms with van der Waals surface area (Å²) < 4.78 is 0. The van der Waals surface area contributed by atoms with Gasteiger partial charge in [-0.25, -0.2) is 0 Å². The first kappa shape index (κ1) is 17.2. The fourth-order valence-electron chi connectivity index (χ4n) is 2.07. The molecule has 0 spiro atoms. The Bertz CT molecular complexity index is 761. The largest absolute Gasteiger partial charge is 0.349 e. The van der Waals surface area contributed by atoms with Crippen LogP contribution in [0.1, 0.15) is 21.5 Å². The first-order chi connectivity index (χ1) is 11.6. The zero-order valence-corrected chi connectivity index (χ0v) is 13.6. The van der Waals surface area contributed by atoms with E-state index in [9.17, 15) is 9.59 Å². The molecule has 0 aromatic heterocycles. The Morgan fingerprint density at radius 2 is 1.79 bits per heavy atom. The van der Waals surface area contributed by atoms with Crippen molar-refractivity contribution in [2.45, 2.75) is 6.92 Å². The van der Waals surface area contributed by atoms with Crippen molar-refractivity contribution >= 4 is 23.6 Å². The van der Waals surface area contributed by atoms with Gasteiger partial charge in [-0.05, 0) is 30.7 Å². The predicted octanol–water partition coefficient (Wildman–Crippen LogP) is 3.56. The smallest absolute Gasteiger partial charge is 0.253 e. The van der Waals surface area contributed by atoms with Crippen LogP contribution in [-0.2, 0) is 4.79 Å². The summed E-state index contributed by atoms with van der Waals surface area (Å²) in [4.78, 5) is 24.2. The van der Waals surface area contributed by atoms with Crippen molar-refractivity contribution in [3.63, 3.8) is 0 Å². The Labute approximate surface area is 141 Å². The second kappa shape index (κ2) is 8.48. The molecule has 0 aliphatic carbocycles. The molecule has 2 aromatic rings. The first-order valence-corrected chi connectivity index (χ1v) is 7.64. The highest BCUT2D eigenvalue weighted by atomic mass is 16.2. The highest BCUT2D eigenvalue weighted by Crippen LogP contribution is 2.15. The zero-order valence-electron chi connectivity index (χ0n) is 13.6. The van der Waals surface area contributed by atoms with Gasteiger partial charge in [0.1, 0.15) is 0 Å². The van der Waals surface area contributed by atoms with Crippen LogP contribution in [0.5, 0.6) is 0 Å². The number of anilines is 1. The Balaban J connectivity index is 2.07. The fraction of sp³-hybridized carbons (Fsp3) is 0.100. The van der Waals surface area contributed by atoms with Gasteiger partial charge in [0.2, 0.25) is 5.91 Å². The molecule has 2 amide bonds. The van der Waals surface area contributed by atoms with E-state index in [4.69, 9.17) is 0 Å². The maximum atomic E-state index is 12.1. The summed E-state index contributed by atoms with van der Waals surface area (Å²) >= 11 is 0. The number of hydrogen-bond donors (Lipinski definition) is 2. The lowest BCUT2D eigenvalue weighted by Gasteiger charge is -2.09. The number of nitrogens with one attached hydrogen (secondary N) is 2. The molecule has 0 fully saturated rings. The van der Waals surface area contributed by atoms with E-state index in [1.807, 2.05) is 31.2 Å². The van der Waals surface area contributed by atoms with Crippen molar-refractivity contribution in [1.82, 2.24) is 5.32 Å². The molecule has 24 heavy (non-hydrogen) atoms. The van der Waals surface area contributed by atoms with Crippen LogP contribution in [0.15, 0.2) is 67.3 Å². The van der Waals surface area contributed by atoms with E-state index in [0.29, 0.717) is 17.8 Å². The molecule has 4 heteroatoms. The van der Waals surface area contributed by atoms with Crippen LogP contribution in [0.4, 0.5) is 5.69 Å². The molecular formula is C20H20N2O2. The van der Waals surface area contributed by atoms with Crippen LogP contribution in [0.3, 0.4) is 0 Å². The van der Waals surface area contributed by atoms with E-state index in [0.717, 1.165) is 11.1 Å².